The lowest BCUT2D eigenvalue weighted by molar-refractivity contribution is -0.124. The summed E-state index contributed by atoms with van der Waals surface area (Å²) in [6, 6.07) is 7.29. The van der Waals surface area contributed by atoms with Gasteiger partial charge < -0.3 is 17.2 Å². The van der Waals surface area contributed by atoms with Crippen LogP contribution in [-0.2, 0) is 4.79 Å². The third-order valence-corrected chi connectivity index (χ3v) is 3.01. The van der Waals surface area contributed by atoms with Crippen molar-refractivity contribution < 1.29 is 4.79 Å². The van der Waals surface area contributed by atoms with Gasteiger partial charge in [0.1, 0.15) is 0 Å². The molecule has 7 nitrogen and oxygen atoms in total. The second kappa shape index (κ2) is 5.70. The molecule has 1 unspecified atom stereocenters. The molecule has 106 valence electrons. The van der Waals surface area contributed by atoms with Gasteiger partial charge in [0.05, 0.1) is 5.69 Å². The number of carbonyl (C=O) groups excluding carboxylic acids is 1. The minimum absolute atomic E-state index is 0.00470. The zero-order chi connectivity index (χ0) is 14.7. The van der Waals surface area contributed by atoms with E-state index in [2.05, 4.69) is 9.98 Å². The highest BCUT2D eigenvalue weighted by Crippen LogP contribution is 2.17. The van der Waals surface area contributed by atoms with Gasteiger partial charge in [0, 0.05) is 19.0 Å². The molecule has 20 heavy (non-hydrogen) atoms. The lowest BCUT2D eigenvalue weighted by atomic mass is 10.2. The first-order chi connectivity index (χ1) is 9.47. The fourth-order valence-corrected chi connectivity index (χ4v) is 1.97. The van der Waals surface area contributed by atoms with E-state index >= 15 is 0 Å². The quantitative estimate of drug-likeness (QED) is 0.485. The highest BCUT2D eigenvalue weighted by molar-refractivity contribution is 6.03. The number of carbonyl (C=O) groups is 1. The number of benzene rings is 1. The zero-order valence-electron chi connectivity index (χ0n) is 11.3. The second-order valence-electron chi connectivity index (χ2n) is 4.70. The number of aliphatic imine (C=N–C) groups is 2. The molecule has 0 bridgehead atoms. The number of amides is 1. The number of likely N-dealkylation sites (tertiary alicyclic amines) is 1. The van der Waals surface area contributed by atoms with Gasteiger partial charge in [-0.25, -0.2) is 4.99 Å². The lowest BCUT2D eigenvalue weighted by Crippen LogP contribution is -2.40. The SMILES string of the molecule is Cc1ccccc1N=C(N)/N=C(\N)N1CC(N)CC1=O. The molecule has 1 aromatic carbocycles. The standard InChI is InChI=1S/C13H18N6O/c1-8-4-2-3-5-10(8)17-12(15)18-13(16)19-7-9(14)6-11(19)20/h2-5,9H,6-7,14H2,1H3,(H4,15,16,17,18). The summed E-state index contributed by atoms with van der Waals surface area (Å²) < 4.78 is 0. The fourth-order valence-electron chi connectivity index (χ4n) is 1.97. The van der Waals surface area contributed by atoms with Crippen LogP contribution in [0.25, 0.3) is 0 Å². The lowest BCUT2D eigenvalue weighted by Gasteiger charge is -2.14. The van der Waals surface area contributed by atoms with Crippen LogP contribution < -0.4 is 17.2 Å². The Morgan fingerprint density at radius 2 is 2.05 bits per heavy atom. The molecule has 7 heteroatoms. The van der Waals surface area contributed by atoms with E-state index in [1.165, 1.54) is 4.90 Å². The molecule has 0 spiro atoms. The third-order valence-electron chi connectivity index (χ3n) is 3.01. The van der Waals surface area contributed by atoms with E-state index in [9.17, 15) is 4.79 Å². The number of aryl methyl sites for hydroxylation is 1. The number of para-hydroxylation sites is 1. The molecule has 1 amide bonds. The van der Waals surface area contributed by atoms with Gasteiger partial charge in [-0.2, -0.15) is 4.99 Å². The average molecular weight is 274 g/mol. The maximum atomic E-state index is 11.6. The predicted molar refractivity (Wildman–Crippen MR) is 78.4 cm³/mol. The van der Waals surface area contributed by atoms with Crippen LogP contribution in [0.2, 0.25) is 0 Å². The maximum Gasteiger partial charge on any atom is 0.230 e. The highest BCUT2D eigenvalue weighted by atomic mass is 16.2. The molecule has 2 rings (SSSR count). The molecule has 1 aliphatic rings. The van der Waals surface area contributed by atoms with Gasteiger partial charge in [0.15, 0.2) is 0 Å². The van der Waals surface area contributed by atoms with E-state index in [1.54, 1.807) is 0 Å². The summed E-state index contributed by atoms with van der Waals surface area (Å²) in [5.41, 5.74) is 18.9. The van der Waals surface area contributed by atoms with Gasteiger partial charge in [-0.05, 0) is 18.6 Å². The van der Waals surface area contributed by atoms with E-state index < -0.39 is 0 Å². The van der Waals surface area contributed by atoms with Gasteiger partial charge in [0.2, 0.25) is 17.8 Å². The van der Waals surface area contributed by atoms with Crippen LogP contribution in [0.3, 0.4) is 0 Å². The molecular formula is C13H18N6O. The van der Waals surface area contributed by atoms with Crippen molar-refractivity contribution in [1.29, 1.82) is 0 Å². The van der Waals surface area contributed by atoms with Crippen molar-refractivity contribution in [3.63, 3.8) is 0 Å². The monoisotopic (exact) mass is 274 g/mol. The zero-order valence-corrected chi connectivity index (χ0v) is 11.3. The molecular weight excluding hydrogens is 256 g/mol. The minimum Gasteiger partial charge on any atom is -0.369 e. The van der Waals surface area contributed by atoms with E-state index in [4.69, 9.17) is 17.2 Å². The molecule has 1 aromatic rings. The van der Waals surface area contributed by atoms with Crippen LogP contribution >= 0.6 is 0 Å². The van der Waals surface area contributed by atoms with Crippen molar-refractivity contribution in [2.24, 2.45) is 27.2 Å². The van der Waals surface area contributed by atoms with Gasteiger partial charge in [-0.15, -0.1) is 0 Å². The van der Waals surface area contributed by atoms with Gasteiger partial charge in [-0.3, -0.25) is 9.69 Å². The first-order valence-corrected chi connectivity index (χ1v) is 6.27. The second-order valence-corrected chi connectivity index (χ2v) is 4.70. The van der Waals surface area contributed by atoms with Crippen LogP contribution in [-0.4, -0.2) is 35.3 Å². The Bertz CT molecular complexity index is 580. The summed E-state index contributed by atoms with van der Waals surface area (Å²) in [6.45, 7) is 2.27. The van der Waals surface area contributed by atoms with Crippen LogP contribution in [0.15, 0.2) is 34.3 Å². The Labute approximate surface area is 117 Å². The summed E-state index contributed by atoms with van der Waals surface area (Å²) >= 11 is 0. The number of guanidine groups is 2. The van der Waals surface area contributed by atoms with Gasteiger partial charge >= 0.3 is 0 Å². The van der Waals surface area contributed by atoms with Crippen molar-refractivity contribution in [2.45, 2.75) is 19.4 Å². The molecule has 0 aromatic heterocycles. The number of hydrogen-bond donors (Lipinski definition) is 3. The molecule has 1 atom stereocenters. The van der Waals surface area contributed by atoms with Crippen molar-refractivity contribution in [3.05, 3.63) is 29.8 Å². The first-order valence-electron chi connectivity index (χ1n) is 6.27. The van der Waals surface area contributed by atoms with E-state index in [0.717, 1.165) is 5.56 Å². The molecule has 0 radical (unpaired) electrons. The summed E-state index contributed by atoms with van der Waals surface area (Å²) in [6.07, 6.45) is 0.269. The Balaban J connectivity index is 2.18. The molecule has 1 heterocycles. The largest absolute Gasteiger partial charge is 0.369 e. The van der Waals surface area contributed by atoms with Crippen LogP contribution in [0, 0.1) is 6.92 Å². The van der Waals surface area contributed by atoms with Gasteiger partial charge in [0.25, 0.3) is 0 Å². The smallest absolute Gasteiger partial charge is 0.230 e. The topological polar surface area (TPSA) is 123 Å². The van der Waals surface area contributed by atoms with E-state index in [-0.39, 0.29) is 30.3 Å². The number of nitrogens with two attached hydrogens (primary N) is 3. The molecule has 0 aliphatic carbocycles. The Kier molecular flexibility index (Phi) is 3.99. The van der Waals surface area contributed by atoms with Crippen LogP contribution in [0.4, 0.5) is 5.69 Å². The number of nitrogens with zero attached hydrogens (tertiary/aromatic N) is 3. The summed E-state index contributed by atoms with van der Waals surface area (Å²) in [4.78, 5) is 21.1. The summed E-state index contributed by atoms with van der Waals surface area (Å²) in [5, 5.41) is 0. The molecule has 0 saturated carbocycles. The highest BCUT2D eigenvalue weighted by Gasteiger charge is 2.29. The van der Waals surface area contributed by atoms with E-state index in [0.29, 0.717) is 12.2 Å². The summed E-state index contributed by atoms with van der Waals surface area (Å²) in [7, 11) is 0. The molecule has 1 fully saturated rings. The number of hydrogen-bond acceptors (Lipinski definition) is 3. The number of rotatable bonds is 1. The predicted octanol–water partition coefficient (Wildman–Crippen LogP) is -0.184. The minimum atomic E-state index is -0.217. The summed E-state index contributed by atoms with van der Waals surface area (Å²) in [5.74, 6) is -0.120. The van der Waals surface area contributed by atoms with Gasteiger partial charge in [-0.1, -0.05) is 18.2 Å². The third kappa shape index (κ3) is 3.12. The van der Waals surface area contributed by atoms with Crippen molar-refractivity contribution >= 4 is 23.5 Å². The Hall–Kier alpha value is -2.41. The van der Waals surface area contributed by atoms with Crippen molar-refractivity contribution in [2.75, 3.05) is 6.54 Å². The van der Waals surface area contributed by atoms with Crippen molar-refractivity contribution in [1.82, 2.24) is 4.90 Å². The van der Waals surface area contributed by atoms with E-state index in [1.807, 2.05) is 31.2 Å². The van der Waals surface area contributed by atoms with Crippen LogP contribution in [0.5, 0.6) is 0 Å². The Morgan fingerprint density at radius 3 is 2.65 bits per heavy atom. The Morgan fingerprint density at radius 1 is 1.35 bits per heavy atom. The normalized spacial score (nSPS) is 20.6. The molecule has 6 N–H and O–H groups in total. The van der Waals surface area contributed by atoms with Crippen molar-refractivity contribution in [3.8, 4) is 0 Å². The maximum absolute atomic E-state index is 11.6. The van der Waals surface area contributed by atoms with Crippen LogP contribution in [0.1, 0.15) is 12.0 Å². The average Bonchev–Trinajstić information content (AvgIpc) is 2.71. The first kappa shape index (κ1) is 14.0. The fraction of sp³-hybridized carbons (Fsp3) is 0.308. The molecule has 1 aliphatic heterocycles. The molecule has 1 saturated heterocycles.